The van der Waals surface area contributed by atoms with Crippen LogP contribution in [0, 0.1) is 0 Å². The Morgan fingerprint density at radius 1 is 0.750 bits per heavy atom. The number of phenolic OH excluding ortho intramolecular Hbond substituents is 1. The van der Waals surface area contributed by atoms with Crippen molar-refractivity contribution >= 4 is 28.7 Å². The molecule has 36 heavy (non-hydrogen) atoms. The zero-order valence-corrected chi connectivity index (χ0v) is 19.4. The van der Waals surface area contributed by atoms with E-state index in [9.17, 15) is 19.5 Å². The molecular formula is C29H22O7. The molecule has 0 saturated heterocycles. The van der Waals surface area contributed by atoms with Crippen LogP contribution < -0.4 is 14.2 Å². The molecule has 0 unspecified atom stereocenters. The lowest BCUT2D eigenvalue weighted by Crippen LogP contribution is -2.12. The molecule has 0 aliphatic heterocycles. The predicted molar refractivity (Wildman–Crippen MR) is 134 cm³/mol. The topological polar surface area (TPSA) is 99.1 Å². The van der Waals surface area contributed by atoms with Gasteiger partial charge < -0.3 is 19.3 Å². The third kappa shape index (κ3) is 5.59. The van der Waals surface area contributed by atoms with Gasteiger partial charge in [-0.05, 0) is 89.5 Å². The van der Waals surface area contributed by atoms with Crippen LogP contribution in [0.2, 0.25) is 0 Å². The van der Waals surface area contributed by atoms with Gasteiger partial charge in [0.15, 0.2) is 0 Å². The van der Waals surface area contributed by atoms with Crippen molar-refractivity contribution in [3.63, 3.8) is 0 Å². The van der Waals surface area contributed by atoms with Gasteiger partial charge in [-0.2, -0.15) is 0 Å². The molecule has 0 saturated carbocycles. The van der Waals surface area contributed by atoms with Crippen molar-refractivity contribution in [1.82, 2.24) is 0 Å². The number of aromatic hydroxyl groups is 1. The van der Waals surface area contributed by atoms with E-state index in [0.717, 1.165) is 16.8 Å². The van der Waals surface area contributed by atoms with E-state index in [1.165, 1.54) is 30.3 Å². The van der Waals surface area contributed by atoms with Gasteiger partial charge in [0, 0.05) is 6.08 Å². The maximum Gasteiger partial charge on any atom is 0.343 e. The summed E-state index contributed by atoms with van der Waals surface area (Å²) in [5.41, 5.74) is 1.31. The van der Waals surface area contributed by atoms with E-state index < -0.39 is 17.9 Å². The molecule has 0 radical (unpaired) electrons. The fourth-order valence-electron chi connectivity index (χ4n) is 3.49. The number of ether oxygens (including phenoxy) is 3. The van der Waals surface area contributed by atoms with Crippen LogP contribution in [0.5, 0.6) is 23.0 Å². The van der Waals surface area contributed by atoms with Crippen molar-refractivity contribution in [2.75, 3.05) is 0 Å². The summed E-state index contributed by atoms with van der Waals surface area (Å²) >= 11 is 0. The Labute approximate surface area is 207 Å². The van der Waals surface area contributed by atoms with E-state index in [4.69, 9.17) is 14.2 Å². The zero-order valence-electron chi connectivity index (χ0n) is 19.4. The van der Waals surface area contributed by atoms with Gasteiger partial charge in [0.25, 0.3) is 0 Å². The molecule has 180 valence electrons. The van der Waals surface area contributed by atoms with Crippen molar-refractivity contribution in [2.24, 2.45) is 0 Å². The highest BCUT2D eigenvalue weighted by Gasteiger charge is 2.16. The predicted octanol–water partition coefficient (Wildman–Crippen LogP) is 5.64. The van der Waals surface area contributed by atoms with Gasteiger partial charge in [-0.3, -0.25) is 0 Å². The minimum Gasteiger partial charge on any atom is -0.508 e. The number of phenols is 1. The lowest BCUT2D eigenvalue weighted by atomic mass is 10.1. The minimum atomic E-state index is -0.569. The molecule has 0 aromatic heterocycles. The normalized spacial score (nSPS) is 10.5. The fourth-order valence-corrected chi connectivity index (χ4v) is 3.49. The average Bonchev–Trinajstić information content (AvgIpc) is 2.89. The first-order valence-corrected chi connectivity index (χ1v) is 11.1. The molecule has 4 rings (SSSR count). The van der Waals surface area contributed by atoms with E-state index in [0.29, 0.717) is 40.4 Å². The first-order chi connectivity index (χ1) is 17.4. The van der Waals surface area contributed by atoms with Crippen LogP contribution >= 0.6 is 0 Å². The average molecular weight is 482 g/mol. The van der Waals surface area contributed by atoms with Crippen molar-refractivity contribution < 1.29 is 33.7 Å². The molecule has 4 aromatic carbocycles. The highest BCUT2D eigenvalue weighted by atomic mass is 16.5. The number of aryl methyl sites for hydroxylation is 1. The molecule has 0 heterocycles. The van der Waals surface area contributed by atoms with Crippen LogP contribution in [-0.4, -0.2) is 23.0 Å². The van der Waals surface area contributed by atoms with Crippen molar-refractivity contribution in [3.8, 4) is 23.0 Å². The van der Waals surface area contributed by atoms with Gasteiger partial charge >= 0.3 is 17.9 Å². The van der Waals surface area contributed by atoms with Gasteiger partial charge in [0.05, 0.1) is 11.1 Å². The first-order valence-electron chi connectivity index (χ1n) is 11.1. The molecular weight excluding hydrogens is 460 g/mol. The van der Waals surface area contributed by atoms with Crippen LogP contribution in [0.1, 0.15) is 33.2 Å². The van der Waals surface area contributed by atoms with Gasteiger partial charge in [0.1, 0.15) is 23.0 Å². The van der Waals surface area contributed by atoms with Crippen LogP contribution in [0.3, 0.4) is 0 Å². The second-order valence-corrected chi connectivity index (χ2v) is 7.80. The quantitative estimate of drug-likeness (QED) is 0.207. The molecule has 7 heteroatoms. The monoisotopic (exact) mass is 482 g/mol. The number of esters is 3. The summed E-state index contributed by atoms with van der Waals surface area (Å²) in [5.74, 6) is -0.585. The molecule has 0 fully saturated rings. The number of hydrogen-bond acceptors (Lipinski definition) is 7. The zero-order chi connectivity index (χ0) is 25.7. The third-order valence-electron chi connectivity index (χ3n) is 5.36. The summed E-state index contributed by atoms with van der Waals surface area (Å²) in [4.78, 5) is 36.8. The van der Waals surface area contributed by atoms with Gasteiger partial charge in [0.2, 0.25) is 0 Å². The van der Waals surface area contributed by atoms with E-state index in [1.807, 2.05) is 6.92 Å². The van der Waals surface area contributed by atoms with Crippen molar-refractivity contribution in [1.29, 1.82) is 0 Å². The third-order valence-corrected chi connectivity index (χ3v) is 5.36. The Morgan fingerprint density at radius 2 is 1.36 bits per heavy atom. The van der Waals surface area contributed by atoms with Crippen LogP contribution in [0.15, 0.2) is 91.5 Å². The lowest BCUT2D eigenvalue weighted by Gasteiger charge is -2.11. The Hall–Kier alpha value is -4.91. The number of fused-ring (bicyclic) bond motifs is 1. The number of carbonyl (C=O) groups excluding carboxylic acids is 3. The molecule has 0 aliphatic rings. The summed E-state index contributed by atoms with van der Waals surface area (Å²) in [6.45, 7) is 5.26. The molecule has 0 atom stereocenters. The van der Waals surface area contributed by atoms with Crippen molar-refractivity contribution in [2.45, 2.75) is 13.3 Å². The molecule has 1 N–H and O–H groups in total. The second-order valence-electron chi connectivity index (χ2n) is 7.80. The van der Waals surface area contributed by atoms with E-state index in [-0.39, 0.29) is 5.75 Å². The molecule has 0 spiro atoms. The fraction of sp³-hybridized carbons (Fsp3) is 0.0690. The lowest BCUT2D eigenvalue weighted by molar-refractivity contribution is -0.128. The van der Waals surface area contributed by atoms with Crippen LogP contribution in [-0.2, 0) is 11.2 Å². The smallest absolute Gasteiger partial charge is 0.343 e. The largest absolute Gasteiger partial charge is 0.508 e. The SMILES string of the molecule is C=CC(=O)Oc1ccc2cc(C(=O)Oc3ccc(C(=O)Oc4ccc(O)cc4)cc3CC)ccc2c1. The number of carbonyl (C=O) groups is 3. The Kier molecular flexibility index (Phi) is 7.11. The number of hydrogen-bond donors (Lipinski definition) is 1. The Morgan fingerprint density at radius 3 is 2.08 bits per heavy atom. The second kappa shape index (κ2) is 10.6. The summed E-state index contributed by atoms with van der Waals surface area (Å²) in [6.07, 6.45) is 1.60. The molecule has 0 aliphatic carbocycles. The maximum absolute atomic E-state index is 12.8. The molecule has 7 nitrogen and oxygen atoms in total. The minimum absolute atomic E-state index is 0.0689. The van der Waals surface area contributed by atoms with E-state index in [1.54, 1.807) is 48.5 Å². The molecule has 4 aromatic rings. The Balaban J connectivity index is 1.49. The summed E-state index contributed by atoms with van der Waals surface area (Å²) in [6, 6.07) is 20.6. The standard InChI is InChI=1S/C29H22O7/c1-3-18-15-22(28(32)35-24-12-9-23(30)10-13-24)8-14-26(18)36-29(33)21-6-5-20-17-25(34-27(31)4-2)11-7-19(20)16-21/h4-17,30H,2-3H2,1H3. The van der Waals surface area contributed by atoms with Crippen LogP contribution in [0.4, 0.5) is 0 Å². The molecule has 0 bridgehead atoms. The van der Waals surface area contributed by atoms with Gasteiger partial charge in [-0.25, -0.2) is 14.4 Å². The van der Waals surface area contributed by atoms with Crippen molar-refractivity contribution in [3.05, 3.63) is 108 Å². The van der Waals surface area contributed by atoms with Gasteiger partial charge in [-0.15, -0.1) is 0 Å². The first kappa shape index (κ1) is 24.2. The highest BCUT2D eigenvalue weighted by molar-refractivity contribution is 5.97. The number of benzene rings is 4. The summed E-state index contributed by atoms with van der Waals surface area (Å²) in [5, 5.41) is 10.9. The highest BCUT2D eigenvalue weighted by Crippen LogP contribution is 2.26. The van der Waals surface area contributed by atoms with E-state index in [2.05, 4.69) is 6.58 Å². The number of rotatable bonds is 7. The summed E-state index contributed by atoms with van der Waals surface area (Å²) in [7, 11) is 0. The molecule has 0 amide bonds. The van der Waals surface area contributed by atoms with Gasteiger partial charge in [-0.1, -0.05) is 25.6 Å². The summed E-state index contributed by atoms with van der Waals surface area (Å²) < 4.78 is 16.1. The maximum atomic E-state index is 12.8. The Bertz CT molecular complexity index is 1470. The van der Waals surface area contributed by atoms with Crippen LogP contribution in [0.25, 0.3) is 10.8 Å². The van der Waals surface area contributed by atoms with E-state index >= 15 is 0 Å².